The van der Waals surface area contributed by atoms with Crippen LogP contribution in [0.4, 0.5) is 4.79 Å². The van der Waals surface area contributed by atoms with E-state index >= 15 is 0 Å². The maximum absolute atomic E-state index is 10.7. The second kappa shape index (κ2) is 4.99. The molecular formula is C10H12N2O3. The lowest BCUT2D eigenvalue weighted by molar-refractivity contribution is 0.154. The Hall–Kier alpha value is -2.04. The molecule has 0 spiro atoms. The molecule has 2 N–H and O–H groups in total. The van der Waals surface area contributed by atoms with Crippen molar-refractivity contribution in [3.63, 3.8) is 0 Å². The minimum atomic E-state index is -2.11. The average Bonchev–Trinajstić information content (AvgIpc) is 2.29. The van der Waals surface area contributed by atoms with Gasteiger partial charge in [0.25, 0.3) is 0 Å². The highest BCUT2D eigenvalue weighted by molar-refractivity contribution is 5.78. The minimum absolute atomic E-state index is 0.206. The maximum atomic E-state index is 10.7. The van der Waals surface area contributed by atoms with Crippen LogP contribution in [0.25, 0.3) is 0 Å². The van der Waals surface area contributed by atoms with Gasteiger partial charge in [-0.2, -0.15) is 0 Å². The number of nitrogens with zero attached hydrogens (tertiary/aromatic N) is 2. The Morgan fingerprint density at radius 3 is 2.67 bits per heavy atom. The fourth-order valence-corrected chi connectivity index (χ4v) is 0.952. The quantitative estimate of drug-likeness (QED) is 0.452. The monoisotopic (exact) mass is 210 g/mol. The molecule has 5 nitrogen and oxygen atoms in total. The predicted octanol–water partition coefficient (Wildman–Crippen LogP) is 1.60. The van der Waals surface area contributed by atoms with Crippen LogP contribution in [0.5, 0.6) is 0 Å². The van der Waals surface area contributed by atoms with Gasteiger partial charge < -0.3 is 15.2 Å². The molecule has 1 aromatic carbocycles. The highest BCUT2D eigenvalue weighted by Gasteiger charge is 2.05. The van der Waals surface area contributed by atoms with E-state index in [1.165, 1.54) is 30.5 Å². The van der Waals surface area contributed by atoms with Gasteiger partial charge >= 0.3 is 6.09 Å². The second-order valence-corrected chi connectivity index (χ2v) is 2.82. The molecule has 0 aliphatic carbocycles. The van der Waals surface area contributed by atoms with Crippen molar-refractivity contribution < 1.29 is 17.8 Å². The van der Waals surface area contributed by atoms with Gasteiger partial charge in [-0.15, -0.1) is 0 Å². The summed E-state index contributed by atoms with van der Waals surface area (Å²) in [5.74, 6) is 0. The summed E-state index contributed by atoms with van der Waals surface area (Å²) in [5, 5.41) is 19.9. The number of carboxylic acid groups (broad SMARTS) is 1. The van der Waals surface area contributed by atoms with Gasteiger partial charge in [0.1, 0.15) is 0 Å². The Labute approximate surface area is 90.1 Å². The molecule has 5 heteroatoms. The molecule has 1 aromatic rings. The Balaban J connectivity index is 3.03. The molecule has 0 unspecified atom stereocenters. The first-order valence-electron chi connectivity index (χ1n) is 5.14. The first-order chi connectivity index (χ1) is 7.89. The Bertz CT molecular complexity index is 432. The SMILES string of the molecule is [2H]C([2H])(c1ccc(C=NO)cc1)N(C)C(=O)O. The zero-order chi connectivity index (χ0) is 13.1. The van der Waals surface area contributed by atoms with Gasteiger partial charge in [-0.05, 0) is 11.1 Å². The number of benzene rings is 1. The average molecular weight is 210 g/mol. The van der Waals surface area contributed by atoms with Crippen LogP contribution >= 0.6 is 0 Å². The van der Waals surface area contributed by atoms with Crippen LogP contribution in [-0.4, -0.2) is 34.6 Å². The molecule has 0 saturated heterocycles. The van der Waals surface area contributed by atoms with Crippen LogP contribution in [-0.2, 0) is 6.50 Å². The van der Waals surface area contributed by atoms with Crippen LogP contribution in [0.3, 0.4) is 0 Å². The topological polar surface area (TPSA) is 73.1 Å². The first-order valence-corrected chi connectivity index (χ1v) is 4.14. The van der Waals surface area contributed by atoms with Crippen LogP contribution in [0.1, 0.15) is 13.9 Å². The summed E-state index contributed by atoms with van der Waals surface area (Å²) in [5.41, 5.74) is 0.794. The summed E-state index contributed by atoms with van der Waals surface area (Å²) in [6.45, 7) is -2.11. The van der Waals surface area contributed by atoms with E-state index in [4.69, 9.17) is 13.1 Å². The highest BCUT2D eigenvalue weighted by atomic mass is 16.4. The lowest BCUT2D eigenvalue weighted by atomic mass is 10.1. The summed E-state index contributed by atoms with van der Waals surface area (Å²) < 4.78 is 15.4. The number of rotatable bonds is 3. The number of amides is 1. The normalized spacial score (nSPS) is 13.4. The maximum Gasteiger partial charge on any atom is 0.407 e. The lowest BCUT2D eigenvalue weighted by Crippen LogP contribution is -2.23. The summed E-state index contributed by atoms with van der Waals surface area (Å²) in [4.78, 5) is 11.3. The minimum Gasteiger partial charge on any atom is -0.465 e. The Morgan fingerprint density at radius 2 is 2.20 bits per heavy atom. The molecular weight excluding hydrogens is 196 g/mol. The third-order valence-electron chi connectivity index (χ3n) is 1.70. The zero-order valence-electron chi connectivity index (χ0n) is 10.1. The predicted molar refractivity (Wildman–Crippen MR) is 55.3 cm³/mol. The van der Waals surface area contributed by atoms with Gasteiger partial charge in [-0.25, -0.2) is 4.79 Å². The van der Waals surface area contributed by atoms with Crippen molar-refractivity contribution in [3.05, 3.63) is 35.4 Å². The summed E-state index contributed by atoms with van der Waals surface area (Å²) in [6, 6.07) is 5.94. The van der Waals surface area contributed by atoms with Gasteiger partial charge in [0.15, 0.2) is 0 Å². The molecule has 0 bridgehead atoms. The molecule has 80 valence electrons. The molecule has 15 heavy (non-hydrogen) atoms. The molecule has 0 saturated carbocycles. The lowest BCUT2D eigenvalue weighted by Gasteiger charge is -2.12. The van der Waals surface area contributed by atoms with E-state index in [1.54, 1.807) is 0 Å². The molecule has 0 radical (unpaired) electrons. The van der Waals surface area contributed by atoms with Crippen molar-refractivity contribution in [1.29, 1.82) is 0 Å². The van der Waals surface area contributed by atoms with Gasteiger partial charge in [0.2, 0.25) is 0 Å². The van der Waals surface area contributed by atoms with E-state index in [0.717, 1.165) is 7.05 Å². The first kappa shape index (κ1) is 8.28. The van der Waals surface area contributed by atoms with E-state index in [-0.39, 0.29) is 5.56 Å². The van der Waals surface area contributed by atoms with Gasteiger partial charge in [-0.1, -0.05) is 29.4 Å². The number of oxime groups is 1. The van der Waals surface area contributed by atoms with Gasteiger partial charge in [0, 0.05) is 13.5 Å². The zero-order valence-corrected chi connectivity index (χ0v) is 8.08. The van der Waals surface area contributed by atoms with E-state index in [0.29, 0.717) is 10.5 Å². The molecule has 0 fully saturated rings. The standard InChI is InChI=1S/C10H12N2O3/c1-12(10(13)14)7-9-4-2-8(3-5-9)6-11-15/h2-6,15H,7H2,1H3,(H,13,14)/i7D2. The number of hydrogen-bond acceptors (Lipinski definition) is 3. The van der Waals surface area contributed by atoms with E-state index < -0.39 is 12.6 Å². The fourth-order valence-electron chi connectivity index (χ4n) is 0.952. The van der Waals surface area contributed by atoms with Crippen molar-refractivity contribution in [1.82, 2.24) is 4.90 Å². The third-order valence-corrected chi connectivity index (χ3v) is 1.70. The van der Waals surface area contributed by atoms with Crippen molar-refractivity contribution in [2.45, 2.75) is 6.50 Å². The summed E-state index contributed by atoms with van der Waals surface area (Å²) in [6.07, 6.45) is -0.156. The molecule has 0 aliphatic heterocycles. The van der Waals surface area contributed by atoms with Crippen LogP contribution < -0.4 is 0 Å². The van der Waals surface area contributed by atoms with Crippen molar-refractivity contribution in [2.24, 2.45) is 5.16 Å². The van der Waals surface area contributed by atoms with Crippen molar-refractivity contribution in [2.75, 3.05) is 7.05 Å². The molecule has 1 rings (SSSR count). The van der Waals surface area contributed by atoms with Gasteiger partial charge in [-0.3, -0.25) is 0 Å². The Kier molecular flexibility index (Phi) is 2.76. The molecule has 1 amide bonds. The number of hydrogen-bond donors (Lipinski definition) is 2. The van der Waals surface area contributed by atoms with E-state index in [2.05, 4.69) is 5.16 Å². The Morgan fingerprint density at radius 1 is 1.60 bits per heavy atom. The third kappa shape index (κ3) is 3.30. The van der Waals surface area contributed by atoms with Crippen LogP contribution in [0.15, 0.2) is 29.4 Å². The largest absolute Gasteiger partial charge is 0.465 e. The molecule has 0 aromatic heterocycles. The van der Waals surface area contributed by atoms with E-state index in [1.807, 2.05) is 0 Å². The van der Waals surface area contributed by atoms with Crippen LogP contribution in [0, 0.1) is 0 Å². The summed E-state index contributed by atoms with van der Waals surface area (Å²) in [7, 11) is 1.16. The highest BCUT2D eigenvalue weighted by Crippen LogP contribution is 2.05. The van der Waals surface area contributed by atoms with Gasteiger partial charge in [0.05, 0.1) is 8.96 Å². The molecule has 0 aliphatic rings. The molecule has 0 heterocycles. The smallest absolute Gasteiger partial charge is 0.407 e. The van der Waals surface area contributed by atoms with Crippen molar-refractivity contribution >= 4 is 12.3 Å². The summed E-state index contributed by atoms with van der Waals surface area (Å²) >= 11 is 0. The van der Waals surface area contributed by atoms with E-state index in [9.17, 15) is 4.79 Å². The fraction of sp³-hybridized carbons (Fsp3) is 0.200. The van der Waals surface area contributed by atoms with Crippen molar-refractivity contribution in [3.8, 4) is 0 Å². The molecule has 0 atom stereocenters. The van der Waals surface area contributed by atoms with Crippen LogP contribution in [0.2, 0.25) is 0 Å². The second-order valence-electron chi connectivity index (χ2n) is 2.82. The number of carbonyl (C=O) groups is 1.